The highest BCUT2D eigenvalue weighted by atomic mass is 16.4. The molecule has 228 valence electrons. The molecule has 0 amide bonds. The highest BCUT2D eigenvalue weighted by Crippen LogP contribution is 2.40. The minimum Gasteiger partial charge on any atom is -0.478 e. The standard InChI is InChI=1S/C36H42N6O2/c1-7-9-26-19-27(35(43)44)14-16-30(26)39-36-38-20-28-15-17-31-32(33(28)40-36)34(42(6)41-31)25-12-10-24(11-13-25)29(18-23(5)8-2)21-37-22(3)4/h10-14,16,18-22,37H,7-9,15,17H2,1-6H3,(H,43,44)(H,38,39,40)/b23-18+,29-21+. The van der Waals surface area contributed by atoms with Crippen molar-refractivity contribution >= 4 is 23.2 Å². The van der Waals surface area contributed by atoms with Crippen LogP contribution in [0.25, 0.3) is 28.1 Å². The maximum atomic E-state index is 11.6. The van der Waals surface area contributed by atoms with Crippen LogP contribution in [0.15, 0.2) is 66.5 Å². The van der Waals surface area contributed by atoms with E-state index in [0.29, 0.717) is 12.0 Å². The summed E-state index contributed by atoms with van der Waals surface area (Å²) in [6, 6.07) is 14.2. The number of anilines is 2. The lowest BCUT2D eigenvalue weighted by Gasteiger charge is -2.18. The number of benzene rings is 2. The molecule has 44 heavy (non-hydrogen) atoms. The first-order valence-corrected chi connectivity index (χ1v) is 15.5. The van der Waals surface area contributed by atoms with Gasteiger partial charge in [0, 0.05) is 42.3 Å². The highest BCUT2D eigenvalue weighted by molar-refractivity contribution is 5.89. The number of aromatic nitrogens is 4. The topological polar surface area (TPSA) is 105 Å². The minimum atomic E-state index is -0.935. The van der Waals surface area contributed by atoms with E-state index in [1.165, 1.54) is 5.57 Å². The minimum absolute atomic E-state index is 0.274. The lowest BCUT2D eigenvalue weighted by Crippen LogP contribution is -2.15. The van der Waals surface area contributed by atoms with Crippen LogP contribution in [0.1, 0.15) is 80.2 Å². The predicted molar refractivity (Wildman–Crippen MR) is 178 cm³/mol. The molecule has 3 N–H and O–H groups in total. The van der Waals surface area contributed by atoms with Crippen LogP contribution in [0, 0.1) is 0 Å². The Bertz CT molecular complexity index is 1730. The van der Waals surface area contributed by atoms with E-state index >= 15 is 0 Å². The van der Waals surface area contributed by atoms with E-state index < -0.39 is 5.97 Å². The van der Waals surface area contributed by atoms with Gasteiger partial charge in [0.05, 0.1) is 22.6 Å². The number of nitrogens with one attached hydrogen (secondary N) is 2. The van der Waals surface area contributed by atoms with E-state index in [4.69, 9.17) is 10.1 Å². The second-order valence-corrected chi connectivity index (χ2v) is 11.8. The third kappa shape index (κ3) is 6.59. The maximum Gasteiger partial charge on any atom is 0.335 e. The van der Waals surface area contributed by atoms with Gasteiger partial charge in [-0.1, -0.05) is 56.2 Å². The van der Waals surface area contributed by atoms with E-state index in [0.717, 1.165) is 88.3 Å². The quantitative estimate of drug-likeness (QED) is 0.154. The zero-order valence-electron chi connectivity index (χ0n) is 26.5. The van der Waals surface area contributed by atoms with Crippen molar-refractivity contribution in [3.63, 3.8) is 0 Å². The molecule has 0 unspecified atom stereocenters. The Morgan fingerprint density at radius 3 is 2.52 bits per heavy atom. The third-order valence-electron chi connectivity index (χ3n) is 7.99. The van der Waals surface area contributed by atoms with Gasteiger partial charge < -0.3 is 15.7 Å². The fraction of sp³-hybridized carbons (Fsp3) is 0.333. The van der Waals surface area contributed by atoms with Crippen LogP contribution in [0.5, 0.6) is 0 Å². The molecule has 4 aromatic rings. The van der Waals surface area contributed by atoms with Gasteiger partial charge in [-0.15, -0.1) is 0 Å². The molecule has 1 aliphatic rings. The summed E-state index contributed by atoms with van der Waals surface area (Å²) >= 11 is 0. The molecule has 8 nitrogen and oxygen atoms in total. The molecular formula is C36H42N6O2. The number of carboxylic acids is 1. The van der Waals surface area contributed by atoms with E-state index in [9.17, 15) is 9.90 Å². The number of allylic oxidation sites excluding steroid dienone is 3. The number of rotatable bonds is 11. The molecule has 0 fully saturated rings. The van der Waals surface area contributed by atoms with Gasteiger partial charge in [0.1, 0.15) is 0 Å². The smallest absolute Gasteiger partial charge is 0.335 e. The maximum absolute atomic E-state index is 11.6. The number of nitrogens with zero attached hydrogens (tertiary/aromatic N) is 4. The van der Waals surface area contributed by atoms with E-state index in [1.807, 2.05) is 17.9 Å². The van der Waals surface area contributed by atoms with Gasteiger partial charge in [-0.05, 0) is 86.9 Å². The van der Waals surface area contributed by atoms with Crippen molar-refractivity contribution in [1.29, 1.82) is 0 Å². The van der Waals surface area contributed by atoms with Gasteiger partial charge >= 0.3 is 5.97 Å². The largest absolute Gasteiger partial charge is 0.478 e. The van der Waals surface area contributed by atoms with Crippen molar-refractivity contribution in [2.45, 2.75) is 72.8 Å². The number of fused-ring (bicyclic) bond motifs is 3. The molecule has 0 saturated heterocycles. The molecule has 0 radical (unpaired) electrons. The first-order chi connectivity index (χ1) is 21.2. The Balaban J connectivity index is 1.52. The molecule has 8 heteroatoms. The summed E-state index contributed by atoms with van der Waals surface area (Å²) in [7, 11) is 1.99. The average Bonchev–Trinajstić information content (AvgIpc) is 3.36. The zero-order valence-corrected chi connectivity index (χ0v) is 26.5. The molecule has 5 rings (SSSR count). The van der Waals surface area contributed by atoms with Crippen molar-refractivity contribution in [1.82, 2.24) is 25.1 Å². The molecule has 1 aliphatic carbocycles. The number of carboxylic acid groups (broad SMARTS) is 1. The Morgan fingerprint density at radius 2 is 1.84 bits per heavy atom. The molecule has 2 aromatic carbocycles. The van der Waals surface area contributed by atoms with Crippen LogP contribution in [0.4, 0.5) is 11.6 Å². The van der Waals surface area contributed by atoms with Crippen LogP contribution < -0.4 is 10.6 Å². The average molecular weight is 591 g/mol. The monoisotopic (exact) mass is 590 g/mol. The lowest BCUT2D eigenvalue weighted by atomic mass is 9.91. The van der Waals surface area contributed by atoms with Crippen molar-refractivity contribution in [3.8, 4) is 22.5 Å². The summed E-state index contributed by atoms with van der Waals surface area (Å²) in [5.74, 6) is -0.455. The van der Waals surface area contributed by atoms with Crippen LogP contribution in [0.3, 0.4) is 0 Å². The van der Waals surface area contributed by atoms with Crippen LogP contribution in [-0.4, -0.2) is 36.9 Å². The van der Waals surface area contributed by atoms with Gasteiger partial charge in [-0.3, -0.25) is 4.68 Å². The fourth-order valence-corrected chi connectivity index (χ4v) is 5.55. The summed E-state index contributed by atoms with van der Waals surface area (Å²) < 4.78 is 1.96. The van der Waals surface area contributed by atoms with Gasteiger partial charge in [0.2, 0.25) is 5.95 Å². The normalized spacial score (nSPS) is 13.1. The molecule has 0 bridgehead atoms. The number of aryl methyl sites for hydroxylation is 4. The van der Waals surface area contributed by atoms with Crippen molar-refractivity contribution in [2.24, 2.45) is 7.05 Å². The van der Waals surface area contributed by atoms with Crippen molar-refractivity contribution in [2.75, 3.05) is 5.32 Å². The second kappa shape index (κ2) is 13.3. The third-order valence-corrected chi connectivity index (χ3v) is 7.99. The molecule has 0 atom stereocenters. The predicted octanol–water partition coefficient (Wildman–Crippen LogP) is 7.73. The molecule has 2 aromatic heterocycles. The Hall–Kier alpha value is -4.72. The molecule has 2 heterocycles. The summed E-state index contributed by atoms with van der Waals surface area (Å²) in [5.41, 5.74) is 11.8. The Kier molecular flexibility index (Phi) is 9.28. The van der Waals surface area contributed by atoms with E-state index in [-0.39, 0.29) is 5.56 Å². The van der Waals surface area contributed by atoms with Crippen LogP contribution >= 0.6 is 0 Å². The zero-order chi connectivity index (χ0) is 31.4. The van der Waals surface area contributed by atoms with E-state index in [2.05, 4.69) is 86.8 Å². The summed E-state index contributed by atoms with van der Waals surface area (Å²) in [4.78, 5) is 21.2. The fourth-order valence-electron chi connectivity index (χ4n) is 5.55. The summed E-state index contributed by atoms with van der Waals surface area (Å²) in [6.45, 7) is 10.7. The second-order valence-electron chi connectivity index (χ2n) is 11.8. The number of hydrogen-bond donors (Lipinski definition) is 3. The van der Waals surface area contributed by atoms with Gasteiger partial charge in [-0.25, -0.2) is 14.8 Å². The van der Waals surface area contributed by atoms with Crippen molar-refractivity contribution < 1.29 is 9.90 Å². The van der Waals surface area contributed by atoms with Gasteiger partial charge in [0.25, 0.3) is 0 Å². The number of aromatic carboxylic acids is 1. The molecule has 0 saturated carbocycles. The van der Waals surface area contributed by atoms with Crippen LogP contribution in [-0.2, 0) is 26.3 Å². The summed E-state index contributed by atoms with van der Waals surface area (Å²) in [5, 5.41) is 21.2. The van der Waals surface area contributed by atoms with E-state index in [1.54, 1.807) is 18.2 Å². The first-order valence-electron chi connectivity index (χ1n) is 15.5. The van der Waals surface area contributed by atoms with Gasteiger partial charge in [0.15, 0.2) is 0 Å². The lowest BCUT2D eigenvalue weighted by molar-refractivity contribution is 0.0696. The number of hydrogen-bond acceptors (Lipinski definition) is 6. The first kappa shape index (κ1) is 30.7. The SMILES string of the molecule is CCCc1cc(C(=O)O)ccc1Nc1ncc2c(n1)-c1c(nn(C)c1-c1ccc(C(/C=C(\C)CC)=C/NC(C)C)cc1)CC2. The Morgan fingerprint density at radius 1 is 1.09 bits per heavy atom. The highest BCUT2D eigenvalue weighted by Gasteiger charge is 2.27. The Labute approximate surface area is 260 Å². The molecule has 0 aliphatic heterocycles. The van der Waals surface area contributed by atoms with Gasteiger partial charge in [-0.2, -0.15) is 5.10 Å². The van der Waals surface area contributed by atoms with Crippen molar-refractivity contribution in [3.05, 3.63) is 94.5 Å². The summed E-state index contributed by atoms with van der Waals surface area (Å²) in [6.07, 6.45) is 10.6. The molecular weight excluding hydrogens is 548 g/mol. The number of carbonyl (C=O) groups is 1. The van der Waals surface area contributed by atoms with Crippen LogP contribution in [0.2, 0.25) is 0 Å². The molecule has 0 spiro atoms.